The van der Waals surface area contributed by atoms with Crippen molar-refractivity contribution in [1.29, 1.82) is 0 Å². The van der Waals surface area contributed by atoms with Gasteiger partial charge in [-0.15, -0.1) is 0 Å². The van der Waals surface area contributed by atoms with Crippen LogP contribution in [0.3, 0.4) is 0 Å². The van der Waals surface area contributed by atoms with Crippen LogP contribution >= 0.6 is 0 Å². The quantitative estimate of drug-likeness (QED) is 0.901. The van der Waals surface area contributed by atoms with Crippen molar-refractivity contribution >= 4 is 0 Å². The Balaban J connectivity index is 2.53. The summed E-state index contributed by atoms with van der Waals surface area (Å²) in [5.41, 5.74) is 9.39. The second-order valence-corrected chi connectivity index (χ2v) is 5.52. The Labute approximate surface area is 109 Å². The fourth-order valence-electron chi connectivity index (χ4n) is 2.17. The molecule has 3 heteroatoms. The van der Waals surface area contributed by atoms with Gasteiger partial charge in [0.25, 0.3) is 0 Å². The zero-order valence-corrected chi connectivity index (χ0v) is 11.4. The van der Waals surface area contributed by atoms with E-state index < -0.39 is 0 Å². The number of aromatic nitrogens is 2. The first-order valence-corrected chi connectivity index (χ1v) is 6.35. The molecule has 2 aromatic rings. The first-order valence-electron chi connectivity index (χ1n) is 6.35. The molecule has 3 nitrogen and oxygen atoms in total. The normalized spacial score (nSPS) is 11.8. The van der Waals surface area contributed by atoms with Crippen LogP contribution in [0.4, 0.5) is 0 Å². The summed E-state index contributed by atoms with van der Waals surface area (Å²) in [6, 6.07) is 8.41. The van der Waals surface area contributed by atoms with Gasteiger partial charge >= 0.3 is 0 Å². The molecule has 18 heavy (non-hydrogen) atoms. The Kier molecular flexibility index (Phi) is 3.53. The van der Waals surface area contributed by atoms with E-state index in [4.69, 9.17) is 5.73 Å². The highest BCUT2D eigenvalue weighted by molar-refractivity contribution is 5.64. The molecule has 0 saturated heterocycles. The van der Waals surface area contributed by atoms with Gasteiger partial charge in [0.2, 0.25) is 0 Å². The van der Waals surface area contributed by atoms with Gasteiger partial charge < -0.3 is 10.3 Å². The Morgan fingerprint density at radius 2 is 1.94 bits per heavy atom. The van der Waals surface area contributed by atoms with E-state index in [0.717, 1.165) is 12.1 Å². The van der Waals surface area contributed by atoms with Crippen molar-refractivity contribution in [2.24, 2.45) is 5.73 Å². The molecule has 96 valence electrons. The van der Waals surface area contributed by atoms with Gasteiger partial charge in [-0.05, 0) is 39.3 Å². The minimum absolute atomic E-state index is 0.0294. The average Bonchev–Trinajstić information content (AvgIpc) is 2.78. The van der Waals surface area contributed by atoms with E-state index >= 15 is 0 Å². The van der Waals surface area contributed by atoms with E-state index in [0.29, 0.717) is 6.54 Å². The van der Waals surface area contributed by atoms with Gasteiger partial charge in [0.1, 0.15) is 0 Å². The minimum atomic E-state index is 0.0294. The van der Waals surface area contributed by atoms with Crippen LogP contribution in [0, 0.1) is 0 Å². The van der Waals surface area contributed by atoms with E-state index in [1.54, 1.807) is 0 Å². The summed E-state index contributed by atoms with van der Waals surface area (Å²) in [4.78, 5) is 4.30. The number of rotatable bonds is 3. The molecule has 2 rings (SSSR count). The Bertz CT molecular complexity index is 521. The van der Waals surface area contributed by atoms with Crippen LogP contribution < -0.4 is 5.73 Å². The number of hydrogen-bond acceptors (Lipinski definition) is 2. The topological polar surface area (TPSA) is 43.8 Å². The fourth-order valence-corrected chi connectivity index (χ4v) is 2.17. The lowest BCUT2D eigenvalue weighted by molar-refractivity contribution is 0.400. The Hall–Kier alpha value is -1.61. The maximum absolute atomic E-state index is 5.68. The summed E-state index contributed by atoms with van der Waals surface area (Å²) in [7, 11) is 0. The summed E-state index contributed by atoms with van der Waals surface area (Å²) < 4.78 is 2.21. The minimum Gasteiger partial charge on any atom is -0.330 e. The van der Waals surface area contributed by atoms with Crippen molar-refractivity contribution < 1.29 is 0 Å². The summed E-state index contributed by atoms with van der Waals surface area (Å²) in [5.74, 6) is 0. The van der Waals surface area contributed by atoms with Crippen LogP contribution in [0.5, 0.6) is 0 Å². The Morgan fingerprint density at radius 3 is 2.61 bits per heavy atom. The molecule has 0 bridgehead atoms. The van der Waals surface area contributed by atoms with Crippen LogP contribution in [0.2, 0.25) is 0 Å². The van der Waals surface area contributed by atoms with Crippen LogP contribution in [-0.4, -0.2) is 16.1 Å². The standard InChI is InChI=1S/C15H21N3/c1-15(2,3)18-11-17-10-14(18)13-7-5-4-6-12(13)8-9-16/h4-7,10-11H,8-9,16H2,1-3H3. The molecular weight excluding hydrogens is 222 g/mol. The second kappa shape index (κ2) is 4.94. The molecule has 0 amide bonds. The molecular formula is C15H21N3. The molecule has 0 aliphatic rings. The van der Waals surface area contributed by atoms with E-state index in [-0.39, 0.29) is 5.54 Å². The fraction of sp³-hybridized carbons (Fsp3) is 0.400. The van der Waals surface area contributed by atoms with Gasteiger partial charge in [-0.3, -0.25) is 0 Å². The SMILES string of the molecule is CC(C)(C)n1cncc1-c1ccccc1CCN. The Morgan fingerprint density at radius 1 is 1.22 bits per heavy atom. The molecule has 2 N–H and O–H groups in total. The number of hydrogen-bond donors (Lipinski definition) is 1. The number of nitrogens with two attached hydrogens (primary N) is 1. The third kappa shape index (κ3) is 2.46. The monoisotopic (exact) mass is 243 g/mol. The molecule has 0 aliphatic carbocycles. The van der Waals surface area contributed by atoms with Crippen molar-refractivity contribution in [3.63, 3.8) is 0 Å². The molecule has 0 fully saturated rings. The molecule has 0 saturated carbocycles. The van der Waals surface area contributed by atoms with Crippen molar-refractivity contribution in [2.75, 3.05) is 6.54 Å². The van der Waals surface area contributed by atoms with Crippen LogP contribution in [0.1, 0.15) is 26.3 Å². The number of benzene rings is 1. The zero-order chi connectivity index (χ0) is 13.2. The molecule has 1 aromatic carbocycles. The van der Waals surface area contributed by atoms with E-state index in [2.05, 4.69) is 54.6 Å². The molecule has 0 spiro atoms. The second-order valence-electron chi connectivity index (χ2n) is 5.52. The molecule has 0 aliphatic heterocycles. The van der Waals surface area contributed by atoms with Gasteiger partial charge in [-0.1, -0.05) is 24.3 Å². The summed E-state index contributed by atoms with van der Waals surface area (Å²) in [5, 5.41) is 0. The summed E-state index contributed by atoms with van der Waals surface area (Å²) in [6.45, 7) is 7.22. The lowest BCUT2D eigenvalue weighted by Crippen LogP contribution is -2.22. The zero-order valence-electron chi connectivity index (χ0n) is 11.4. The highest BCUT2D eigenvalue weighted by Gasteiger charge is 2.18. The maximum atomic E-state index is 5.68. The van der Waals surface area contributed by atoms with Gasteiger partial charge in [0.15, 0.2) is 0 Å². The molecule has 0 atom stereocenters. The maximum Gasteiger partial charge on any atom is 0.0955 e. The first kappa shape index (κ1) is 12.8. The lowest BCUT2D eigenvalue weighted by Gasteiger charge is -2.24. The van der Waals surface area contributed by atoms with Crippen molar-refractivity contribution in [3.05, 3.63) is 42.4 Å². The molecule has 1 aromatic heterocycles. The van der Waals surface area contributed by atoms with E-state index in [1.807, 2.05) is 12.5 Å². The third-order valence-electron chi connectivity index (χ3n) is 3.07. The smallest absolute Gasteiger partial charge is 0.0955 e. The van der Waals surface area contributed by atoms with Crippen LogP contribution in [0.15, 0.2) is 36.8 Å². The predicted octanol–water partition coefficient (Wildman–Crippen LogP) is 2.81. The first-order chi connectivity index (χ1) is 8.54. The average molecular weight is 243 g/mol. The van der Waals surface area contributed by atoms with Gasteiger partial charge in [0, 0.05) is 11.1 Å². The van der Waals surface area contributed by atoms with Gasteiger partial charge in [0.05, 0.1) is 18.2 Å². The summed E-state index contributed by atoms with van der Waals surface area (Å²) >= 11 is 0. The van der Waals surface area contributed by atoms with Crippen molar-refractivity contribution in [2.45, 2.75) is 32.7 Å². The van der Waals surface area contributed by atoms with Gasteiger partial charge in [-0.2, -0.15) is 0 Å². The van der Waals surface area contributed by atoms with E-state index in [1.165, 1.54) is 11.1 Å². The summed E-state index contributed by atoms with van der Waals surface area (Å²) in [6.07, 6.45) is 4.72. The highest BCUT2D eigenvalue weighted by atomic mass is 15.1. The molecule has 0 unspecified atom stereocenters. The molecule has 0 radical (unpaired) electrons. The largest absolute Gasteiger partial charge is 0.330 e. The van der Waals surface area contributed by atoms with Gasteiger partial charge in [-0.25, -0.2) is 4.98 Å². The highest BCUT2D eigenvalue weighted by Crippen LogP contribution is 2.28. The molecule has 1 heterocycles. The van der Waals surface area contributed by atoms with Crippen molar-refractivity contribution in [3.8, 4) is 11.3 Å². The van der Waals surface area contributed by atoms with Crippen LogP contribution in [0.25, 0.3) is 11.3 Å². The predicted molar refractivity (Wildman–Crippen MR) is 75.4 cm³/mol. The van der Waals surface area contributed by atoms with Crippen LogP contribution in [-0.2, 0) is 12.0 Å². The van der Waals surface area contributed by atoms with Crippen molar-refractivity contribution in [1.82, 2.24) is 9.55 Å². The number of imidazole rings is 1. The lowest BCUT2D eigenvalue weighted by atomic mass is 10.0. The third-order valence-corrected chi connectivity index (χ3v) is 3.07. The number of nitrogens with zero attached hydrogens (tertiary/aromatic N) is 2. The van der Waals surface area contributed by atoms with E-state index in [9.17, 15) is 0 Å².